The van der Waals surface area contributed by atoms with Gasteiger partial charge in [0.2, 0.25) is 0 Å². The zero-order valence-electron chi connectivity index (χ0n) is 13.5. The van der Waals surface area contributed by atoms with Crippen LogP contribution in [0.5, 0.6) is 5.75 Å². The van der Waals surface area contributed by atoms with E-state index in [2.05, 4.69) is 24.4 Å². The van der Waals surface area contributed by atoms with Crippen molar-refractivity contribution in [3.05, 3.63) is 53.6 Å². The molecule has 1 heterocycles. The van der Waals surface area contributed by atoms with Crippen LogP contribution in [0.15, 0.2) is 42.5 Å². The Kier molecular flexibility index (Phi) is 4.53. The first-order valence-corrected chi connectivity index (χ1v) is 8.07. The highest BCUT2D eigenvalue weighted by atomic mass is 35.5. The van der Waals surface area contributed by atoms with Crippen LogP contribution in [-0.4, -0.2) is 24.4 Å². The third-order valence-electron chi connectivity index (χ3n) is 4.33. The maximum absolute atomic E-state index is 11.5. The van der Waals surface area contributed by atoms with Crippen molar-refractivity contribution in [1.82, 2.24) is 0 Å². The van der Waals surface area contributed by atoms with Crippen molar-refractivity contribution < 1.29 is 14.6 Å². The molecule has 0 aromatic heterocycles. The van der Waals surface area contributed by atoms with Crippen molar-refractivity contribution in [2.24, 2.45) is 0 Å². The molecule has 0 bridgehead atoms. The number of benzene rings is 2. The summed E-state index contributed by atoms with van der Waals surface area (Å²) in [7, 11) is 1.54. The Morgan fingerprint density at radius 2 is 2.04 bits per heavy atom. The highest BCUT2D eigenvalue weighted by molar-refractivity contribution is 6.29. The van der Waals surface area contributed by atoms with Crippen molar-refractivity contribution in [2.45, 2.75) is 25.4 Å². The Morgan fingerprint density at radius 3 is 2.67 bits per heavy atom. The number of carbonyl (C=O) groups is 1. The zero-order valence-corrected chi connectivity index (χ0v) is 14.2. The smallest absolute Gasteiger partial charge is 0.337 e. The fourth-order valence-electron chi connectivity index (χ4n) is 3.06. The lowest BCUT2D eigenvalue weighted by Gasteiger charge is -2.23. The van der Waals surface area contributed by atoms with Gasteiger partial charge < -0.3 is 15.2 Å². The van der Waals surface area contributed by atoms with Crippen molar-refractivity contribution in [3.63, 3.8) is 0 Å². The molecule has 0 amide bonds. The average Bonchev–Trinajstić information content (AvgIpc) is 2.91. The largest absolute Gasteiger partial charge is 0.494 e. The molecule has 24 heavy (non-hydrogen) atoms. The first kappa shape index (κ1) is 16.5. The Balaban J connectivity index is 1.89. The predicted molar refractivity (Wildman–Crippen MR) is 95.2 cm³/mol. The number of fused-ring (bicyclic) bond motifs is 1. The molecule has 126 valence electrons. The molecule has 0 saturated heterocycles. The first-order chi connectivity index (χ1) is 11.5. The lowest BCUT2D eigenvalue weighted by molar-refractivity contribution is 0.0698. The summed E-state index contributed by atoms with van der Waals surface area (Å²) in [4.78, 5) is 11.5. The normalized spacial score (nSPS) is 17.1. The number of rotatable bonds is 5. The predicted octanol–water partition coefficient (Wildman–Crippen LogP) is 4.30. The molecule has 0 radical (unpaired) electrons. The summed E-state index contributed by atoms with van der Waals surface area (Å²) in [6.07, 6.45) is 0.510. The minimum absolute atomic E-state index is 0.186. The van der Waals surface area contributed by atoms with Gasteiger partial charge in [-0.25, -0.2) is 4.79 Å². The fraction of sp³-hybridized carbons (Fsp3) is 0.278. The number of hydrogen-bond acceptors (Lipinski definition) is 4. The van der Waals surface area contributed by atoms with E-state index >= 15 is 0 Å². The van der Waals surface area contributed by atoms with Crippen LogP contribution in [0.3, 0.4) is 0 Å². The summed E-state index contributed by atoms with van der Waals surface area (Å²) in [5.74, 6) is -0.186. The van der Waals surface area contributed by atoms with Crippen LogP contribution in [0.2, 0.25) is 0 Å². The minimum atomic E-state index is -0.997. The standard InChI is InChI=1S/C18H19ClN2O3/c1-11(12-6-4-3-5-7-12)10-15-20-16-13(18(22)23)8-9-14(24-2)17(16)21(15)19/h3-9,11,15,20H,10H2,1-2H3,(H,22,23). The molecule has 2 aromatic rings. The van der Waals surface area contributed by atoms with Crippen LogP contribution >= 0.6 is 11.8 Å². The molecular weight excluding hydrogens is 328 g/mol. The molecule has 0 saturated carbocycles. The molecule has 2 N–H and O–H groups in total. The highest BCUT2D eigenvalue weighted by Gasteiger charge is 2.35. The van der Waals surface area contributed by atoms with Crippen molar-refractivity contribution in [1.29, 1.82) is 0 Å². The van der Waals surface area contributed by atoms with Gasteiger partial charge in [-0.05, 0) is 30.0 Å². The third-order valence-corrected chi connectivity index (χ3v) is 4.74. The molecule has 5 nitrogen and oxygen atoms in total. The topological polar surface area (TPSA) is 61.8 Å². The van der Waals surface area contributed by atoms with E-state index in [4.69, 9.17) is 16.5 Å². The van der Waals surface area contributed by atoms with Gasteiger partial charge in [0.05, 0.1) is 18.4 Å². The van der Waals surface area contributed by atoms with E-state index in [0.29, 0.717) is 17.1 Å². The maximum Gasteiger partial charge on any atom is 0.337 e. The van der Waals surface area contributed by atoms with E-state index in [1.807, 2.05) is 18.2 Å². The molecule has 0 fully saturated rings. The van der Waals surface area contributed by atoms with Crippen molar-refractivity contribution >= 4 is 29.1 Å². The quantitative estimate of drug-likeness (QED) is 0.790. The second kappa shape index (κ2) is 6.61. The van der Waals surface area contributed by atoms with Crippen LogP contribution in [0.4, 0.5) is 11.4 Å². The summed E-state index contributed by atoms with van der Waals surface area (Å²) in [5, 5.41) is 12.6. The molecule has 2 atom stereocenters. The molecule has 6 heteroatoms. The number of carboxylic acids is 1. The number of carboxylic acid groups (broad SMARTS) is 1. The lowest BCUT2D eigenvalue weighted by atomic mass is 9.96. The summed E-state index contributed by atoms with van der Waals surface area (Å²) < 4.78 is 6.88. The second-order valence-corrected chi connectivity index (χ2v) is 6.23. The Bertz CT molecular complexity index is 751. The second-order valence-electron chi connectivity index (χ2n) is 5.86. The van der Waals surface area contributed by atoms with Crippen LogP contribution in [0, 0.1) is 0 Å². The maximum atomic E-state index is 11.5. The number of nitrogens with one attached hydrogen (secondary N) is 1. The van der Waals surface area contributed by atoms with Crippen LogP contribution < -0.4 is 14.5 Å². The number of nitrogens with zero attached hydrogens (tertiary/aromatic N) is 1. The van der Waals surface area contributed by atoms with E-state index in [0.717, 1.165) is 6.42 Å². The summed E-state index contributed by atoms with van der Waals surface area (Å²) in [6.45, 7) is 2.13. The van der Waals surface area contributed by atoms with E-state index in [1.54, 1.807) is 17.6 Å². The Labute approximate surface area is 145 Å². The van der Waals surface area contributed by atoms with Crippen LogP contribution in [-0.2, 0) is 0 Å². The monoisotopic (exact) mass is 346 g/mol. The van der Waals surface area contributed by atoms with Gasteiger partial charge in [0.25, 0.3) is 0 Å². The van der Waals surface area contributed by atoms with Gasteiger partial charge in [-0.15, -0.1) is 0 Å². The molecule has 1 aliphatic heterocycles. The van der Waals surface area contributed by atoms with Gasteiger partial charge >= 0.3 is 5.97 Å². The van der Waals surface area contributed by atoms with Crippen LogP contribution in [0.1, 0.15) is 35.2 Å². The lowest BCUT2D eigenvalue weighted by Crippen LogP contribution is -2.29. The van der Waals surface area contributed by atoms with Gasteiger partial charge in [0.15, 0.2) is 0 Å². The SMILES string of the molecule is COc1ccc(C(=O)O)c2c1N(Cl)C(CC(C)c1ccccc1)N2. The van der Waals surface area contributed by atoms with Crippen molar-refractivity contribution in [3.8, 4) is 5.75 Å². The highest BCUT2D eigenvalue weighted by Crippen LogP contribution is 2.47. The average molecular weight is 347 g/mol. The van der Waals surface area contributed by atoms with E-state index in [-0.39, 0.29) is 17.6 Å². The first-order valence-electron chi connectivity index (χ1n) is 7.73. The molecular formula is C18H19ClN2O3. The number of anilines is 2. The third kappa shape index (κ3) is 2.87. The van der Waals surface area contributed by atoms with Gasteiger partial charge in [0, 0.05) is 11.8 Å². The van der Waals surface area contributed by atoms with Gasteiger partial charge in [-0.1, -0.05) is 37.3 Å². The van der Waals surface area contributed by atoms with E-state index < -0.39 is 5.97 Å². The molecule has 0 spiro atoms. The zero-order chi connectivity index (χ0) is 17.3. The molecule has 2 unspecified atom stereocenters. The molecule has 1 aliphatic rings. The summed E-state index contributed by atoms with van der Waals surface area (Å²) in [5.41, 5.74) is 2.48. The molecule has 2 aromatic carbocycles. The number of halogens is 1. The number of ether oxygens (including phenoxy) is 1. The molecule has 3 rings (SSSR count). The fourth-order valence-corrected chi connectivity index (χ4v) is 3.35. The Hall–Kier alpha value is -2.40. The van der Waals surface area contributed by atoms with E-state index in [1.165, 1.54) is 11.6 Å². The van der Waals surface area contributed by atoms with Crippen LogP contribution in [0.25, 0.3) is 0 Å². The van der Waals surface area contributed by atoms with Gasteiger partial charge in [-0.3, -0.25) is 4.42 Å². The van der Waals surface area contributed by atoms with Gasteiger partial charge in [-0.2, -0.15) is 0 Å². The Morgan fingerprint density at radius 1 is 1.33 bits per heavy atom. The summed E-state index contributed by atoms with van der Waals surface area (Å²) in [6, 6.07) is 13.3. The number of methoxy groups -OCH3 is 1. The minimum Gasteiger partial charge on any atom is -0.494 e. The summed E-state index contributed by atoms with van der Waals surface area (Å²) >= 11 is 6.50. The number of aromatic carboxylic acids is 1. The van der Waals surface area contributed by atoms with E-state index in [9.17, 15) is 9.90 Å². The molecule has 0 aliphatic carbocycles. The van der Waals surface area contributed by atoms with Crippen molar-refractivity contribution in [2.75, 3.05) is 16.8 Å². The number of hydrogen-bond donors (Lipinski definition) is 2. The van der Waals surface area contributed by atoms with Gasteiger partial charge in [0.1, 0.15) is 17.6 Å².